The predicted molar refractivity (Wildman–Crippen MR) is 104 cm³/mol. The molecule has 0 fully saturated rings. The van der Waals surface area contributed by atoms with E-state index in [9.17, 15) is 4.79 Å². The Labute approximate surface area is 161 Å². The highest BCUT2D eigenvalue weighted by atomic mass is 35.5. The molecule has 0 saturated heterocycles. The molecule has 0 unspecified atom stereocenters. The average molecular weight is 390 g/mol. The molecule has 0 radical (unpaired) electrons. The van der Waals surface area contributed by atoms with Gasteiger partial charge in [0, 0.05) is 0 Å². The van der Waals surface area contributed by atoms with Crippen LogP contribution < -0.4 is 10.1 Å². The van der Waals surface area contributed by atoms with E-state index in [1.54, 1.807) is 22.9 Å². The minimum Gasteiger partial charge on any atom is -0.482 e. The molecule has 3 rings (SSSR count). The molecule has 0 aliphatic rings. The maximum absolute atomic E-state index is 12.3. The summed E-state index contributed by atoms with van der Waals surface area (Å²) in [6.07, 6.45) is 0. The van der Waals surface area contributed by atoms with E-state index in [0.717, 1.165) is 17.1 Å². The molecule has 0 saturated carbocycles. The predicted octanol–water partition coefficient (Wildman–Crippen LogP) is 4.81. The number of carbonyl (C=O) groups excluding carboxylic acids is 1. The molecule has 1 aromatic heterocycles. The Kier molecular flexibility index (Phi) is 5.49. The van der Waals surface area contributed by atoms with Gasteiger partial charge in [-0.2, -0.15) is 5.10 Å². The molecule has 1 heterocycles. The number of rotatable bonds is 5. The van der Waals surface area contributed by atoms with Crippen molar-refractivity contribution in [3.8, 4) is 11.4 Å². The zero-order valence-corrected chi connectivity index (χ0v) is 15.8. The third-order valence-electron chi connectivity index (χ3n) is 3.83. The van der Waals surface area contributed by atoms with Gasteiger partial charge in [-0.05, 0) is 38.1 Å². The van der Waals surface area contributed by atoms with Crippen molar-refractivity contribution in [2.75, 3.05) is 11.9 Å². The van der Waals surface area contributed by atoms with Crippen molar-refractivity contribution in [2.24, 2.45) is 0 Å². The molecular formula is C19H17Cl2N3O2. The van der Waals surface area contributed by atoms with Crippen molar-refractivity contribution in [3.05, 3.63) is 70.0 Å². The summed E-state index contributed by atoms with van der Waals surface area (Å²) in [6.45, 7) is 3.56. The summed E-state index contributed by atoms with van der Waals surface area (Å²) in [7, 11) is 0. The molecule has 0 aliphatic heterocycles. The van der Waals surface area contributed by atoms with E-state index >= 15 is 0 Å². The van der Waals surface area contributed by atoms with Crippen LogP contribution in [0, 0.1) is 13.8 Å². The number of aromatic nitrogens is 2. The van der Waals surface area contributed by atoms with Gasteiger partial charge in [-0.25, -0.2) is 4.68 Å². The van der Waals surface area contributed by atoms with Crippen LogP contribution in [0.3, 0.4) is 0 Å². The monoisotopic (exact) mass is 389 g/mol. The van der Waals surface area contributed by atoms with Gasteiger partial charge in [0.15, 0.2) is 6.61 Å². The quantitative estimate of drug-likeness (QED) is 0.680. The number of ether oxygens (including phenoxy) is 1. The lowest BCUT2D eigenvalue weighted by Gasteiger charge is -2.10. The number of hydrogen-bond acceptors (Lipinski definition) is 3. The fraction of sp³-hybridized carbons (Fsp3) is 0.158. The van der Waals surface area contributed by atoms with Crippen LogP contribution in [0.25, 0.3) is 5.69 Å². The Morgan fingerprint density at radius 2 is 1.85 bits per heavy atom. The third kappa shape index (κ3) is 3.84. The van der Waals surface area contributed by atoms with Gasteiger partial charge >= 0.3 is 0 Å². The van der Waals surface area contributed by atoms with E-state index in [4.69, 9.17) is 27.9 Å². The second-order valence-electron chi connectivity index (χ2n) is 5.68. The van der Waals surface area contributed by atoms with Gasteiger partial charge in [-0.1, -0.05) is 47.5 Å². The minimum absolute atomic E-state index is 0.185. The first-order chi connectivity index (χ1) is 12.5. The molecule has 134 valence electrons. The molecule has 0 bridgehead atoms. The lowest BCUT2D eigenvalue weighted by molar-refractivity contribution is -0.118. The minimum atomic E-state index is -0.306. The van der Waals surface area contributed by atoms with Crippen LogP contribution in [0.2, 0.25) is 10.0 Å². The first-order valence-corrected chi connectivity index (χ1v) is 8.71. The van der Waals surface area contributed by atoms with Gasteiger partial charge < -0.3 is 10.1 Å². The normalized spacial score (nSPS) is 10.6. The summed E-state index contributed by atoms with van der Waals surface area (Å²) in [5.74, 6) is 0.0580. The van der Waals surface area contributed by atoms with Gasteiger partial charge in [0.2, 0.25) is 0 Å². The summed E-state index contributed by atoms with van der Waals surface area (Å²) in [5, 5.41) is 8.01. The Hall–Kier alpha value is -2.50. The number of para-hydroxylation sites is 1. The molecular weight excluding hydrogens is 373 g/mol. The zero-order chi connectivity index (χ0) is 18.7. The van der Waals surface area contributed by atoms with Gasteiger partial charge in [0.05, 0.1) is 27.8 Å². The van der Waals surface area contributed by atoms with Crippen molar-refractivity contribution >= 4 is 34.8 Å². The molecule has 1 amide bonds. The second kappa shape index (κ2) is 7.81. The number of nitrogens with one attached hydrogen (secondary N) is 1. The van der Waals surface area contributed by atoms with Crippen LogP contribution in [0.15, 0.2) is 48.5 Å². The fourth-order valence-corrected chi connectivity index (χ4v) is 2.90. The standard InChI is InChI=1S/C19H17Cl2N3O2/c1-12-19(13(2)24(23-12)14-7-4-3-5-8-14)22-17(25)11-26-16-10-6-9-15(20)18(16)21/h3-10H,11H2,1-2H3,(H,22,25). The van der Waals surface area contributed by atoms with Crippen LogP contribution in [-0.2, 0) is 4.79 Å². The summed E-state index contributed by atoms with van der Waals surface area (Å²) in [5.41, 5.74) is 3.15. The molecule has 2 aromatic carbocycles. The molecule has 5 nitrogen and oxygen atoms in total. The van der Waals surface area contributed by atoms with Crippen LogP contribution in [0.5, 0.6) is 5.75 Å². The largest absolute Gasteiger partial charge is 0.482 e. The van der Waals surface area contributed by atoms with Gasteiger partial charge in [0.25, 0.3) is 5.91 Å². The Balaban J connectivity index is 1.72. The lowest BCUT2D eigenvalue weighted by Crippen LogP contribution is -2.21. The zero-order valence-electron chi connectivity index (χ0n) is 14.3. The Bertz CT molecular complexity index is 939. The lowest BCUT2D eigenvalue weighted by atomic mass is 10.3. The molecule has 3 aromatic rings. The smallest absolute Gasteiger partial charge is 0.262 e. The first kappa shape index (κ1) is 18.3. The molecule has 7 heteroatoms. The molecule has 0 spiro atoms. The second-order valence-corrected chi connectivity index (χ2v) is 6.47. The number of carbonyl (C=O) groups is 1. The number of nitrogens with zero attached hydrogens (tertiary/aromatic N) is 2. The molecule has 0 atom stereocenters. The van der Waals surface area contributed by atoms with Crippen LogP contribution in [0.1, 0.15) is 11.4 Å². The van der Waals surface area contributed by atoms with Crippen molar-refractivity contribution in [1.82, 2.24) is 9.78 Å². The van der Waals surface area contributed by atoms with E-state index in [2.05, 4.69) is 10.4 Å². The molecule has 1 N–H and O–H groups in total. The van der Waals surface area contributed by atoms with Gasteiger partial charge in [-0.3, -0.25) is 4.79 Å². The van der Waals surface area contributed by atoms with Crippen molar-refractivity contribution in [3.63, 3.8) is 0 Å². The Morgan fingerprint density at radius 1 is 1.12 bits per heavy atom. The van der Waals surface area contributed by atoms with Crippen molar-refractivity contribution in [1.29, 1.82) is 0 Å². The SMILES string of the molecule is Cc1nn(-c2ccccc2)c(C)c1NC(=O)COc1cccc(Cl)c1Cl. The highest BCUT2D eigenvalue weighted by Crippen LogP contribution is 2.31. The highest BCUT2D eigenvalue weighted by Gasteiger charge is 2.16. The van der Waals surface area contributed by atoms with Gasteiger partial charge in [-0.15, -0.1) is 0 Å². The third-order valence-corrected chi connectivity index (χ3v) is 4.63. The maximum Gasteiger partial charge on any atom is 0.262 e. The number of benzene rings is 2. The fourth-order valence-electron chi connectivity index (χ4n) is 2.56. The van der Waals surface area contributed by atoms with E-state index in [1.165, 1.54) is 0 Å². The molecule has 26 heavy (non-hydrogen) atoms. The number of hydrogen-bond donors (Lipinski definition) is 1. The first-order valence-electron chi connectivity index (χ1n) is 7.95. The summed E-state index contributed by atoms with van der Waals surface area (Å²) < 4.78 is 7.26. The van der Waals surface area contributed by atoms with Crippen LogP contribution >= 0.6 is 23.2 Å². The number of amides is 1. The molecule has 0 aliphatic carbocycles. The topological polar surface area (TPSA) is 56.2 Å². The van der Waals surface area contributed by atoms with E-state index < -0.39 is 0 Å². The number of anilines is 1. The van der Waals surface area contributed by atoms with Gasteiger partial charge in [0.1, 0.15) is 10.8 Å². The summed E-state index contributed by atoms with van der Waals surface area (Å²) in [4.78, 5) is 12.3. The van der Waals surface area contributed by atoms with E-state index in [0.29, 0.717) is 16.5 Å². The van der Waals surface area contributed by atoms with Crippen molar-refractivity contribution < 1.29 is 9.53 Å². The van der Waals surface area contributed by atoms with E-state index in [-0.39, 0.29) is 17.5 Å². The number of aryl methyl sites for hydroxylation is 1. The van der Waals surface area contributed by atoms with Crippen molar-refractivity contribution in [2.45, 2.75) is 13.8 Å². The average Bonchev–Trinajstić information content (AvgIpc) is 2.92. The Morgan fingerprint density at radius 3 is 2.58 bits per heavy atom. The summed E-state index contributed by atoms with van der Waals surface area (Å²) >= 11 is 12.0. The van der Waals surface area contributed by atoms with Crippen LogP contribution in [0.4, 0.5) is 5.69 Å². The van der Waals surface area contributed by atoms with E-state index in [1.807, 2.05) is 44.2 Å². The number of halogens is 2. The maximum atomic E-state index is 12.3. The summed E-state index contributed by atoms with van der Waals surface area (Å²) in [6, 6.07) is 14.7. The van der Waals surface area contributed by atoms with Crippen LogP contribution in [-0.4, -0.2) is 22.3 Å². The highest BCUT2D eigenvalue weighted by molar-refractivity contribution is 6.42.